The standard InChI is InChI=1S/C15H26N2O/c18-15(7-6-14-8-10-16-12-14)17-11-9-13-4-2-1-3-5-13/h4,14,16H,1-3,5-12H2,(H,17,18). The number of allylic oxidation sites excluding steroid dienone is 1. The van der Waals surface area contributed by atoms with Crippen molar-refractivity contribution in [3.8, 4) is 0 Å². The van der Waals surface area contributed by atoms with E-state index in [4.69, 9.17) is 0 Å². The first kappa shape index (κ1) is 13.6. The zero-order chi connectivity index (χ0) is 12.6. The number of hydrogen-bond donors (Lipinski definition) is 2. The Morgan fingerprint density at radius 1 is 1.44 bits per heavy atom. The van der Waals surface area contributed by atoms with Crippen molar-refractivity contribution < 1.29 is 4.79 Å². The average molecular weight is 250 g/mol. The molecule has 102 valence electrons. The van der Waals surface area contributed by atoms with Gasteiger partial charge in [-0.05, 0) is 64.0 Å². The molecule has 0 aromatic heterocycles. The van der Waals surface area contributed by atoms with Crippen molar-refractivity contribution in [2.75, 3.05) is 19.6 Å². The molecule has 1 aliphatic carbocycles. The molecule has 0 bridgehead atoms. The van der Waals surface area contributed by atoms with Gasteiger partial charge in [-0.25, -0.2) is 0 Å². The van der Waals surface area contributed by atoms with Crippen molar-refractivity contribution in [2.24, 2.45) is 5.92 Å². The van der Waals surface area contributed by atoms with Gasteiger partial charge in [-0.15, -0.1) is 0 Å². The molecule has 0 aromatic rings. The average Bonchev–Trinajstić information content (AvgIpc) is 2.91. The highest BCUT2D eigenvalue weighted by Gasteiger charge is 2.15. The third-order valence-electron chi connectivity index (χ3n) is 4.10. The molecule has 0 spiro atoms. The zero-order valence-electron chi connectivity index (χ0n) is 11.3. The molecule has 3 heteroatoms. The van der Waals surface area contributed by atoms with Crippen molar-refractivity contribution >= 4 is 5.91 Å². The Balaban J connectivity index is 1.52. The molecule has 2 N–H and O–H groups in total. The Morgan fingerprint density at radius 2 is 2.39 bits per heavy atom. The smallest absolute Gasteiger partial charge is 0.220 e. The van der Waals surface area contributed by atoms with Crippen LogP contribution in [0.3, 0.4) is 0 Å². The van der Waals surface area contributed by atoms with Crippen LogP contribution in [0.1, 0.15) is 51.4 Å². The number of carbonyl (C=O) groups is 1. The molecule has 0 saturated carbocycles. The molecule has 2 aliphatic rings. The summed E-state index contributed by atoms with van der Waals surface area (Å²) in [7, 11) is 0. The Kier molecular flexibility index (Phi) is 5.72. The van der Waals surface area contributed by atoms with Gasteiger partial charge in [0.25, 0.3) is 0 Å². The van der Waals surface area contributed by atoms with E-state index in [-0.39, 0.29) is 5.91 Å². The minimum atomic E-state index is 0.235. The van der Waals surface area contributed by atoms with E-state index in [1.54, 1.807) is 5.57 Å². The highest BCUT2D eigenvalue weighted by Crippen LogP contribution is 2.19. The van der Waals surface area contributed by atoms with Crippen LogP contribution in [-0.4, -0.2) is 25.5 Å². The van der Waals surface area contributed by atoms with Gasteiger partial charge in [-0.3, -0.25) is 4.79 Å². The Hall–Kier alpha value is -0.830. The molecule has 2 rings (SSSR count). The van der Waals surface area contributed by atoms with Crippen LogP contribution in [-0.2, 0) is 4.79 Å². The number of amides is 1. The topological polar surface area (TPSA) is 41.1 Å². The van der Waals surface area contributed by atoms with Gasteiger partial charge < -0.3 is 10.6 Å². The third-order valence-corrected chi connectivity index (χ3v) is 4.10. The molecular formula is C15H26N2O. The first-order valence-corrected chi connectivity index (χ1v) is 7.50. The van der Waals surface area contributed by atoms with Gasteiger partial charge in [0.15, 0.2) is 0 Å². The maximum atomic E-state index is 11.7. The molecule has 0 aromatic carbocycles. The summed E-state index contributed by atoms with van der Waals surface area (Å²) in [6.45, 7) is 3.05. The van der Waals surface area contributed by atoms with Crippen molar-refractivity contribution in [1.82, 2.24) is 10.6 Å². The summed E-state index contributed by atoms with van der Waals surface area (Å²) >= 11 is 0. The predicted octanol–water partition coefficient (Wildman–Crippen LogP) is 2.38. The Morgan fingerprint density at radius 3 is 3.11 bits per heavy atom. The summed E-state index contributed by atoms with van der Waals surface area (Å²) < 4.78 is 0. The van der Waals surface area contributed by atoms with Crippen molar-refractivity contribution in [3.63, 3.8) is 0 Å². The molecule has 1 atom stereocenters. The van der Waals surface area contributed by atoms with Gasteiger partial charge in [-0.1, -0.05) is 11.6 Å². The molecule has 1 fully saturated rings. The van der Waals surface area contributed by atoms with Crippen molar-refractivity contribution in [2.45, 2.75) is 51.4 Å². The van der Waals surface area contributed by atoms with E-state index in [0.29, 0.717) is 6.42 Å². The number of carbonyl (C=O) groups excluding carboxylic acids is 1. The van der Waals surface area contributed by atoms with Crippen molar-refractivity contribution in [3.05, 3.63) is 11.6 Å². The predicted molar refractivity (Wildman–Crippen MR) is 74.4 cm³/mol. The lowest BCUT2D eigenvalue weighted by Gasteiger charge is -2.13. The van der Waals surface area contributed by atoms with Gasteiger partial charge >= 0.3 is 0 Å². The molecule has 3 nitrogen and oxygen atoms in total. The van der Waals surface area contributed by atoms with Crippen LogP contribution in [0, 0.1) is 5.92 Å². The molecule has 1 heterocycles. The van der Waals surface area contributed by atoms with Gasteiger partial charge in [0.1, 0.15) is 0 Å². The van der Waals surface area contributed by atoms with E-state index in [9.17, 15) is 4.79 Å². The first-order chi connectivity index (χ1) is 8.84. The molecule has 0 radical (unpaired) electrons. The van der Waals surface area contributed by atoms with Crippen LogP contribution in [0.2, 0.25) is 0 Å². The monoisotopic (exact) mass is 250 g/mol. The maximum Gasteiger partial charge on any atom is 0.220 e. The molecule has 18 heavy (non-hydrogen) atoms. The first-order valence-electron chi connectivity index (χ1n) is 7.50. The summed E-state index contributed by atoms with van der Waals surface area (Å²) in [6.07, 6.45) is 11.5. The van der Waals surface area contributed by atoms with E-state index in [0.717, 1.165) is 38.4 Å². The summed E-state index contributed by atoms with van der Waals surface area (Å²) in [5.41, 5.74) is 1.54. The molecule has 1 aliphatic heterocycles. The second-order valence-electron chi connectivity index (χ2n) is 5.61. The van der Waals surface area contributed by atoms with E-state index in [1.807, 2.05) is 0 Å². The van der Waals surface area contributed by atoms with E-state index >= 15 is 0 Å². The van der Waals surface area contributed by atoms with Crippen LogP contribution in [0.5, 0.6) is 0 Å². The lowest BCUT2D eigenvalue weighted by Crippen LogP contribution is -2.25. The van der Waals surface area contributed by atoms with Crippen LogP contribution in [0.15, 0.2) is 11.6 Å². The fourth-order valence-corrected chi connectivity index (χ4v) is 2.88. The second kappa shape index (κ2) is 7.57. The SMILES string of the molecule is O=C(CCC1CCNC1)NCCC1=CCCCC1. The Labute approximate surface area is 110 Å². The summed E-state index contributed by atoms with van der Waals surface area (Å²) in [5, 5.41) is 6.40. The quantitative estimate of drug-likeness (QED) is 0.711. The van der Waals surface area contributed by atoms with Gasteiger partial charge in [-0.2, -0.15) is 0 Å². The second-order valence-corrected chi connectivity index (χ2v) is 5.61. The Bertz CT molecular complexity index is 293. The zero-order valence-corrected chi connectivity index (χ0v) is 11.3. The summed E-state index contributed by atoms with van der Waals surface area (Å²) in [4.78, 5) is 11.7. The van der Waals surface area contributed by atoms with Crippen LogP contribution < -0.4 is 10.6 Å². The third kappa shape index (κ3) is 4.81. The van der Waals surface area contributed by atoms with Crippen molar-refractivity contribution in [1.29, 1.82) is 0 Å². The van der Waals surface area contributed by atoms with E-state index in [1.165, 1.54) is 32.1 Å². The summed E-state index contributed by atoms with van der Waals surface area (Å²) in [6, 6.07) is 0. The number of nitrogens with one attached hydrogen (secondary N) is 2. The lowest BCUT2D eigenvalue weighted by molar-refractivity contribution is -0.121. The minimum absolute atomic E-state index is 0.235. The van der Waals surface area contributed by atoms with Crippen LogP contribution in [0.4, 0.5) is 0 Å². The van der Waals surface area contributed by atoms with Gasteiger partial charge in [0.2, 0.25) is 5.91 Å². The maximum absolute atomic E-state index is 11.7. The van der Waals surface area contributed by atoms with E-state index in [2.05, 4.69) is 16.7 Å². The molecule has 1 unspecified atom stereocenters. The van der Waals surface area contributed by atoms with Gasteiger partial charge in [0.05, 0.1) is 0 Å². The highest BCUT2D eigenvalue weighted by atomic mass is 16.1. The molecular weight excluding hydrogens is 224 g/mol. The van der Waals surface area contributed by atoms with Gasteiger partial charge in [0, 0.05) is 13.0 Å². The lowest BCUT2D eigenvalue weighted by atomic mass is 9.97. The minimum Gasteiger partial charge on any atom is -0.356 e. The normalized spacial score (nSPS) is 23.8. The highest BCUT2D eigenvalue weighted by molar-refractivity contribution is 5.75. The fraction of sp³-hybridized carbons (Fsp3) is 0.800. The molecule has 1 saturated heterocycles. The van der Waals surface area contributed by atoms with Crippen LogP contribution in [0.25, 0.3) is 0 Å². The molecule has 1 amide bonds. The number of rotatable bonds is 6. The largest absolute Gasteiger partial charge is 0.356 e. The van der Waals surface area contributed by atoms with E-state index < -0.39 is 0 Å². The number of hydrogen-bond acceptors (Lipinski definition) is 2. The fourth-order valence-electron chi connectivity index (χ4n) is 2.88. The van der Waals surface area contributed by atoms with Crippen LogP contribution >= 0.6 is 0 Å². The summed E-state index contributed by atoms with van der Waals surface area (Å²) in [5.74, 6) is 0.954.